The second-order valence-corrected chi connectivity index (χ2v) is 10.3. The number of fused-ring (bicyclic) bond motifs is 1. The summed E-state index contributed by atoms with van der Waals surface area (Å²) in [6.45, 7) is 4.86. The van der Waals surface area contributed by atoms with Gasteiger partial charge in [-0.3, -0.25) is 9.59 Å². The first-order valence-electron chi connectivity index (χ1n) is 9.30. The molecular weight excluding hydrogens is 412 g/mol. The van der Waals surface area contributed by atoms with Crippen molar-refractivity contribution in [3.63, 3.8) is 0 Å². The van der Waals surface area contributed by atoms with E-state index in [2.05, 4.69) is 11.1 Å². The zero-order valence-electron chi connectivity index (χ0n) is 16.2. The van der Waals surface area contributed by atoms with Crippen LogP contribution in [0.5, 0.6) is 0 Å². The van der Waals surface area contributed by atoms with Gasteiger partial charge in [0.25, 0.3) is 10.0 Å². The first kappa shape index (κ1) is 19.9. The first-order chi connectivity index (χ1) is 13.8. The van der Waals surface area contributed by atoms with E-state index in [-0.39, 0.29) is 34.6 Å². The maximum absolute atomic E-state index is 12.8. The summed E-state index contributed by atoms with van der Waals surface area (Å²) in [5.41, 5.74) is 2.38. The molecule has 8 nitrogen and oxygen atoms in total. The minimum Gasteiger partial charge on any atom is -0.339 e. The summed E-state index contributed by atoms with van der Waals surface area (Å²) >= 11 is 0.703. The number of thiazole rings is 1. The number of hydrogen-bond acceptors (Lipinski definition) is 5. The second kappa shape index (κ2) is 7.43. The molecule has 3 aromatic rings. The predicted octanol–water partition coefficient (Wildman–Crippen LogP) is 1.54. The topological polar surface area (TPSA) is 95.5 Å². The molecule has 154 valence electrons. The van der Waals surface area contributed by atoms with Gasteiger partial charge in [-0.25, -0.2) is 8.42 Å². The van der Waals surface area contributed by atoms with Crippen LogP contribution < -0.4 is 4.87 Å². The number of piperazine rings is 1. The Morgan fingerprint density at radius 1 is 1.14 bits per heavy atom. The van der Waals surface area contributed by atoms with Crippen molar-refractivity contribution in [1.82, 2.24) is 18.8 Å². The molecule has 0 spiro atoms. The van der Waals surface area contributed by atoms with Crippen LogP contribution in [0.1, 0.15) is 11.4 Å². The van der Waals surface area contributed by atoms with Crippen LogP contribution in [0.15, 0.2) is 39.3 Å². The van der Waals surface area contributed by atoms with Crippen molar-refractivity contribution in [2.24, 2.45) is 0 Å². The lowest BCUT2D eigenvalue weighted by molar-refractivity contribution is -0.132. The molecule has 0 aliphatic carbocycles. The van der Waals surface area contributed by atoms with Crippen LogP contribution in [0, 0.1) is 13.8 Å². The van der Waals surface area contributed by atoms with Gasteiger partial charge in [-0.05, 0) is 31.4 Å². The molecule has 0 atom stereocenters. The maximum Gasteiger partial charge on any atom is 0.305 e. The van der Waals surface area contributed by atoms with E-state index < -0.39 is 10.0 Å². The van der Waals surface area contributed by atoms with Crippen molar-refractivity contribution in [2.45, 2.75) is 24.6 Å². The Labute approximate surface area is 172 Å². The molecule has 1 saturated heterocycles. The standard InChI is InChI=1S/C19H22N4O4S2/c1-13-11-15-5-3-4-6-16(15)23(13)12-17(24)21-7-9-22(10-8-21)29(26,27)18-14(2)20-19(25)28-18/h3-6,11H,7-10,12H2,1-2H3,(H,20,25). The average Bonchev–Trinajstić information content (AvgIpc) is 3.20. The highest BCUT2D eigenvalue weighted by Crippen LogP contribution is 2.23. The van der Waals surface area contributed by atoms with E-state index in [9.17, 15) is 18.0 Å². The number of hydrogen-bond donors (Lipinski definition) is 1. The third-order valence-electron chi connectivity index (χ3n) is 5.26. The Balaban J connectivity index is 1.45. The zero-order chi connectivity index (χ0) is 20.8. The lowest BCUT2D eigenvalue weighted by Gasteiger charge is -2.34. The van der Waals surface area contributed by atoms with E-state index in [4.69, 9.17) is 0 Å². The van der Waals surface area contributed by atoms with E-state index in [0.29, 0.717) is 30.1 Å². The third-order valence-corrected chi connectivity index (χ3v) is 8.74. The van der Waals surface area contributed by atoms with Crippen LogP contribution >= 0.6 is 11.3 Å². The van der Waals surface area contributed by atoms with Gasteiger partial charge in [0.15, 0.2) is 4.21 Å². The number of carbonyl (C=O) groups excluding carboxylic acids is 1. The number of nitrogens with zero attached hydrogens (tertiary/aromatic N) is 3. The highest BCUT2D eigenvalue weighted by atomic mass is 32.2. The molecule has 1 aromatic carbocycles. The fourth-order valence-electron chi connectivity index (χ4n) is 3.73. The molecule has 1 aliphatic rings. The van der Waals surface area contributed by atoms with E-state index in [1.807, 2.05) is 35.8 Å². The lowest BCUT2D eigenvalue weighted by Crippen LogP contribution is -2.51. The Morgan fingerprint density at radius 3 is 2.48 bits per heavy atom. The van der Waals surface area contributed by atoms with E-state index >= 15 is 0 Å². The van der Waals surface area contributed by atoms with Crippen LogP contribution in [0.25, 0.3) is 10.9 Å². The summed E-state index contributed by atoms with van der Waals surface area (Å²) in [4.78, 5) is 28.1. The number of para-hydroxylation sites is 1. The number of amides is 1. The maximum atomic E-state index is 12.8. The van der Waals surface area contributed by atoms with Crippen LogP contribution in [-0.4, -0.2) is 59.3 Å². The van der Waals surface area contributed by atoms with Crippen LogP contribution in [-0.2, 0) is 21.4 Å². The van der Waals surface area contributed by atoms with Gasteiger partial charge in [-0.2, -0.15) is 4.31 Å². The highest BCUT2D eigenvalue weighted by molar-refractivity contribution is 7.91. The highest BCUT2D eigenvalue weighted by Gasteiger charge is 2.32. The molecule has 0 unspecified atom stereocenters. The van der Waals surface area contributed by atoms with Crippen molar-refractivity contribution in [2.75, 3.05) is 26.2 Å². The Morgan fingerprint density at radius 2 is 1.83 bits per heavy atom. The number of aromatic nitrogens is 2. The van der Waals surface area contributed by atoms with E-state index in [1.165, 1.54) is 4.31 Å². The zero-order valence-corrected chi connectivity index (χ0v) is 17.8. The molecular formula is C19H22N4O4S2. The molecule has 0 bridgehead atoms. The minimum absolute atomic E-state index is 0.0333. The number of carbonyl (C=O) groups is 1. The van der Waals surface area contributed by atoms with Gasteiger partial charge in [0.1, 0.15) is 6.54 Å². The van der Waals surface area contributed by atoms with Crippen LogP contribution in [0.2, 0.25) is 0 Å². The third kappa shape index (κ3) is 3.63. The number of aryl methyl sites for hydroxylation is 2. The smallest absolute Gasteiger partial charge is 0.305 e. The molecule has 4 rings (SSSR count). The first-order valence-corrected chi connectivity index (χ1v) is 11.6. The van der Waals surface area contributed by atoms with Crippen molar-refractivity contribution in [1.29, 1.82) is 0 Å². The van der Waals surface area contributed by atoms with E-state index in [0.717, 1.165) is 16.6 Å². The Kier molecular flexibility index (Phi) is 5.09. The molecule has 2 aromatic heterocycles. The summed E-state index contributed by atoms with van der Waals surface area (Å²) in [5.74, 6) is -0.0333. The quantitative estimate of drug-likeness (QED) is 0.674. The number of benzene rings is 1. The number of aromatic amines is 1. The van der Waals surface area contributed by atoms with Gasteiger partial charge in [0.2, 0.25) is 5.91 Å². The summed E-state index contributed by atoms with van der Waals surface area (Å²) < 4.78 is 29.0. The Bertz CT molecular complexity index is 1230. The van der Waals surface area contributed by atoms with Gasteiger partial charge in [0.05, 0.1) is 0 Å². The molecule has 1 aliphatic heterocycles. The summed E-state index contributed by atoms with van der Waals surface area (Å²) in [5, 5.41) is 1.09. The van der Waals surface area contributed by atoms with Gasteiger partial charge >= 0.3 is 4.87 Å². The van der Waals surface area contributed by atoms with Crippen molar-refractivity contribution >= 4 is 38.2 Å². The average molecular weight is 435 g/mol. The summed E-state index contributed by atoms with van der Waals surface area (Å²) in [6.07, 6.45) is 0. The fraction of sp³-hybridized carbons (Fsp3) is 0.368. The summed E-state index contributed by atoms with van der Waals surface area (Å²) in [6, 6.07) is 9.98. The van der Waals surface area contributed by atoms with Gasteiger partial charge in [-0.1, -0.05) is 29.5 Å². The number of H-pyrrole nitrogens is 1. The predicted molar refractivity (Wildman–Crippen MR) is 112 cm³/mol. The SMILES string of the molecule is Cc1[nH]c(=O)sc1S(=O)(=O)N1CCN(C(=O)Cn2c(C)cc3ccccc32)CC1. The molecule has 1 fully saturated rings. The minimum atomic E-state index is -3.73. The monoisotopic (exact) mass is 434 g/mol. The summed E-state index contributed by atoms with van der Waals surface area (Å²) in [7, 11) is -3.73. The lowest BCUT2D eigenvalue weighted by atomic mass is 10.2. The van der Waals surface area contributed by atoms with Gasteiger partial charge < -0.3 is 14.5 Å². The van der Waals surface area contributed by atoms with Crippen LogP contribution in [0.3, 0.4) is 0 Å². The van der Waals surface area contributed by atoms with Crippen molar-refractivity contribution in [3.8, 4) is 0 Å². The molecule has 3 heterocycles. The number of sulfonamides is 1. The number of nitrogens with one attached hydrogen (secondary N) is 1. The van der Waals surface area contributed by atoms with E-state index in [1.54, 1.807) is 11.8 Å². The van der Waals surface area contributed by atoms with Crippen molar-refractivity contribution < 1.29 is 13.2 Å². The largest absolute Gasteiger partial charge is 0.339 e. The van der Waals surface area contributed by atoms with Gasteiger partial charge in [0, 0.05) is 43.1 Å². The number of rotatable bonds is 4. The molecule has 0 radical (unpaired) electrons. The Hall–Kier alpha value is -2.43. The van der Waals surface area contributed by atoms with Crippen LogP contribution in [0.4, 0.5) is 0 Å². The molecule has 0 saturated carbocycles. The molecule has 1 amide bonds. The van der Waals surface area contributed by atoms with Crippen molar-refractivity contribution in [3.05, 3.63) is 51.4 Å². The molecule has 1 N–H and O–H groups in total. The normalized spacial score (nSPS) is 15.9. The van der Waals surface area contributed by atoms with Gasteiger partial charge in [-0.15, -0.1) is 0 Å². The fourth-order valence-corrected chi connectivity index (χ4v) is 6.58. The molecule has 10 heteroatoms. The second-order valence-electron chi connectivity index (χ2n) is 7.14. The molecule has 29 heavy (non-hydrogen) atoms.